The molecule has 0 amide bonds. The third-order valence-corrected chi connectivity index (χ3v) is 5.44. The second kappa shape index (κ2) is 6.74. The molecule has 1 saturated carbocycles. The van der Waals surface area contributed by atoms with Crippen molar-refractivity contribution in [1.82, 2.24) is 0 Å². The zero-order valence-electron chi connectivity index (χ0n) is 13.7. The molecule has 0 bridgehead atoms. The largest absolute Gasteiger partial charge is 0.300 e. The highest BCUT2D eigenvalue weighted by Crippen LogP contribution is 2.44. The lowest BCUT2D eigenvalue weighted by Gasteiger charge is -2.29. The van der Waals surface area contributed by atoms with Gasteiger partial charge in [-0.15, -0.1) is 0 Å². The predicted octanol–water partition coefficient (Wildman–Crippen LogP) is 5.61. The van der Waals surface area contributed by atoms with E-state index in [1.165, 1.54) is 12.8 Å². The van der Waals surface area contributed by atoms with Crippen molar-refractivity contribution in [2.75, 3.05) is 0 Å². The third kappa shape index (κ3) is 2.92. The van der Waals surface area contributed by atoms with Gasteiger partial charge >= 0.3 is 0 Å². The number of carbonyl (C=O) groups excluding carboxylic acids is 1. The molecule has 0 saturated heterocycles. The molecular weight excluding hydrogens is 244 g/mol. The van der Waals surface area contributed by atoms with Gasteiger partial charge in [-0.25, -0.2) is 0 Å². The van der Waals surface area contributed by atoms with Crippen LogP contribution in [0.25, 0.3) is 0 Å². The van der Waals surface area contributed by atoms with Crippen LogP contribution in [0.1, 0.15) is 79.1 Å². The van der Waals surface area contributed by atoms with E-state index in [1.54, 1.807) is 22.3 Å². The summed E-state index contributed by atoms with van der Waals surface area (Å²) >= 11 is 0. The van der Waals surface area contributed by atoms with Crippen LogP contribution in [-0.4, -0.2) is 5.78 Å². The zero-order chi connectivity index (χ0) is 14.7. The van der Waals surface area contributed by atoms with Gasteiger partial charge in [0.25, 0.3) is 0 Å². The highest BCUT2D eigenvalue weighted by Gasteiger charge is 2.35. The molecule has 0 aromatic heterocycles. The van der Waals surface area contributed by atoms with Gasteiger partial charge in [-0.1, -0.05) is 38.8 Å². The lowest BCUT2D eigenvalue weighted by atomic mass is 9.76. The van der Waals surface area contributed by atoms with E-state index in [0.717, 1.165) is 38.5 Å². The van der Waals surface area contributed by atoms with Crippen LogP contribution in [0.2, 0.25) is 0 Å². The van der Waals surface area contributed by atoms with Crippen molar-refractivity contribution in [2.45, 2.75) is 79.1 Å². The average Bonchev–Trinajstić information content (AvgIpc) is 2.77. The highest BCUT2D eigenvalue weighted by atomic mass is 16.1. The van der Waals surface area contributed by atoms with Crippen LogP contribution in [0.4, 0.5) is 0 Å². The number of ketones is 1. The molecule has 0 heterocycles. The van der Waals surface area contributed by atoms with Crippen LogP contribution in [0.5, 0.6) is 0 Å². The van der Waals surface area contributed by atoms with Crippen molar-refractivity contribution in [2.24, 2.45) is 11.8 Å². The Bertz CT molecular complexity index is 399. The highest BCUT2D eigenvalue weighted by molar-refractivity contribution is 5.81. The molecule has 112 valence electrons. The van der Waals surface area contributed by atoms with E-state index in [2.05, 4.69) is 27.7 Å². The maximum Gasteiger partial charge on any atom is 0.133 e. The van der Waals surface area contributed by atoms with E-state index in [9.17, 15) is 4.79 Å². The molecule has 0 spiro atoms. The summed E-state index contributed by atoms with van der Waals surface area (Å²) in [5.41, 5.74) is 6.54. The number of Topliss-reactive ketones (excluding diaryl/α,β-unsaturated/α-hetero) is 1. The van der Waals surface area contributed by atoms with Crippen molar-refractivity contribution in [1.29, 1.82) is 0 Å². The summed E-state index contributed by atoms with van der Waals surface area (Å²) in [5.74, 6) is 1.75. The summed E-state index contributed by atoms with van der Waals surface area (Å²) in [6.45, 7) is 9.17. The number of allylic oxidation sites excluding steroid dienone is 4. The van der Waals surface area contributed by atoms with Crippen molar-refractivity contribution in [3.05, 3.63) is 22.3 Å². The lowest BCUT2D eigenvalue weighted by molar-refractivity contribution is -0.117. The number of hydrogen-bond acceptors (Lipinski definition) is 1. The van der Waals surface area contributed by atoms with Gasteiger partial charge < -0.3 is 0 Å². The van der Waals surface area contributed by atoms with Gasteiger partial charge in [-0.2, -0.15) is 0 Å². The Morgan fingerprint density at radius 2 is 1.10 bits per heavy atom. The van der Waals surface area contributed by atoms with Gasteiger partial charge in [0.15, 0.2) is 0 Å². The Morgan fingerprint density at radius 3 is 1.40 bits per heavy atom. The maximum absolute atomic E-state index is 11.9. The van der Waals surface area contributed by atoms with Gasteiger partial charge in [-0.05, 0) is 61.5 Å². The molecule has 0 aromatic carbocycles. The van der Waals surface area contributed by atoms with E-state index in [-0.39, 0.29) is 0 Å². The molecule has 2 rings (SSSR count). The standard InChI is InChI=1S/C19H30O/c1-5-13-9-15-11-17(20)12-16(15)10-14(6-2)19(8-4)18(13)7-3/h15-16H,5-12H2,1-4H3/b18-13-,19-14-/t15-,16-/m1/s1. The third-order valence-electron chi connectivity index (χ3n) is 5.44. The molecule has 0 aromatic rings. The van der Waals surface area contributed by atoms with Gasteiger partial charge in [0, 0.05) is 12.8 Å². The smallest absolute Gasteiger partial charge is 0.133 e. The molecule has 1 fully saturated rings. The second-order valence-electron chi connectivity index (χ2n) is 6.45. The molecule has 20 heavy (non-hydrogen) atoms. The summed E-state index contributed by atoms with van der Waals surface area (Å²) in [6.07, 6.45) is 8.64. The minimum absolute atomic E-state index is 0.504. The number of carbonyl (C=O) groups is 1. The fourth-order valence-corrected chi connectivity index (χ4v) is 4.43. The Hall–Kier alpha value is -0.850. The van der Waals surface area contributed by atoms with Gasteiger partial charge in [0.05, 0.1) is 0 Å². The molecule has 0 aliphatic heterocycles. The Balaban J connectivity index is 2.48. The van der Waals surface area contributed by atoms with Crippen LogP contribution >= 0.6 is 0 Å². The zero-order valence-corrected chi connectivity index (χ0v) is 13.7. The Labute approximate surface area is 124 Å². The normalized spacial score (nSPS) is 34.9. The topological polar surface area (TPSA) is 17.1 Å². The lowest BCUT2D eigenvalue weighted by Crippen LogP contribution is -2.15. The summed E-state index contributed by atoms with van der Waals surface area (Å²) in [7, 11) is 0. The molecule has 0 unspecified atom stereocenters. The number of fused-ring (bicyclic) bond motifs is 1. The van der Waals surface area contributed by atoms with Crippen molar-refractivity contribution in [3.63, 3.8) is 0 Å². The molecule has 0 N–H and O–H groups in total. The molecule has 1 heteroatoms. The molecular formula is C19H30O. The van der Waals surface area contributed by atoms with Crippen molar-refractivity contribution < 1.29 is 4.79 Å². The number of hydrogen-bond donors (Lipinski definition) is 0. The molecule has 2 aliphatic rings. The predicted molar refractivity (Wildman–Crippen MR) is 85.7 cm³/mol. The fourth-order valence-electron chi connectivity index (χ4n) is 4.43. The average molecular weight is 274 g/mol. The van der Waals surface area contributed by atoms with Crippen LogP contribution in [0.15, 0.2) is 22.3 Å². The SMILES string of the molecule is CC/C1=C(CC)/C(CC)=C(/CC)C[C@@H]2CC(=O)C[C@H]2C1. The van der Waals surface area contributed by atoms with Gasteiger partial charge in [0.2, 0.25) is 0 Å². The Morgan fingerprint density at radius 1 is 0.700 bits per heavy atom. The van der Waals surface area contributed by atoms with Crippen LogP contribution in [0, 0.1) is 11.8 Å². The molecule has 1 nitrogen and oxygen atoms in total. The van der Waals surface area contributed by atoms with Crippen molar-refractivity contribution in [3.8, 4) is 0 Å². The van der Waals surface area contributed by atoms with Crippen LogP contribution < -0.4 is 0 Å². The van der Waals surface area contributed by atoms with E-state index in [0.29, 0.717) is 17.6 Å². The van der Waals surface area contributed by atoms with Crippen molar-refractivity contribution >= 4 is 5.78 Å². The second-order valence-corrected chi connectivity index (χ2v) is 6.45. The van der Waals surface area contributed by atoms with Gasteiger partial charge in [-0.3, -0.25) is 4.79 Å². The molecule has 0 radical (unpaired) electrons. The van der Waals surface area contributed by atoms with E-state index >= 15 is 0 Å². The minimum atomic E-state index is 0.504. The quantitative estimate of drug-likeness (QED) is 0.651. The molecule has 2 atom stereocenters. The minimum Gasteiger partial charge on any atom is -0.300 e. The fraction of sp³-hybridized carbons (Fsp3) is 0.737. The van der Waals surface area contributed by atoms with Gasteiger partial charge in [0.1, 0.15) is 5.78 Å². The summed E-state index contributed by atoms with van der Waals surface area (Å²) in [6, 6.07) is 0. The monoisotopic (exact) mass is 274 g/mol. The first-order valence-electron chi connectivity index (χ1n) is 8.58. The number of rotatable bonds is 4. The first kappa shape index (κ1) is 15.5. The van der Waals surface area contributed by atoms with E-state index in [1.807, 2.05) is 0 Å². The first-order chi connectivity index (χ1) is 9.64. The van der Waals surface area contributed by atoms with E-state index < -0.39 is 0 Å². The summed E-state index contributed by atoms with van der Waals surface area (Å²) in [5, 5.41) is 0. The van der Waals surface area contributed by atoms with Crippen LogP contribution in [0.3, 0.4) is 0 Å². The van der Waals surface area contributed by atoms with E-state index in [4.69, 9.17) is 0 Å². The van der Waals surface area contributed by atoms with Crippen LogP contribution in [-0.2, 0) is 4.79 Å². The maximum atomic E-state index is 11.9. The first-order valence-corrected chi connectivity index (χ1v) is 8.58. The summed E-state index contributed by atoms with van der Waals surface area (Å²) < 4.78 is 0. The Kier molecular flexibility index (Phi) is 5.23. The molecule has 2 aliphatic carbocycles. The summed E-state index contributed by atoms with van der Waals surface area (Å²) in [4.78, 5) is 11.9.